The number of para-hydroxylation sites is 1. The Morgan fingerprint density at radius 2 is 1.85 bits per heavy atom. The lowest BCUT2D eigenvalue weighted by Crippen LogP contribution is -2.40. The van der Waals surface area contributed by atoms with Gasteiger partial charge in [0.2, 0.25) is 5.91 Å². The summed E-state index contributed by atoms with van der Waals surface area (Å²) < 4.78 is 6.79. The molecule has 0 N–H and O–H groups in total. The smallest absolute Gasteiger partial charge is 0.256 e. The van der Waals surface area contributed by atoms with Crippen molar-refractivity contribution in [1.82, 2.24) is 9.47 Å². The monoisotopic (exact) mass is 272 g/mol. The first-order valence-corrected chi connectivity index (χ1v) is 6.66. The molecule has 0 unspecified atom stereocenters. The number of rotatable bonds is 1. The summed E-state index contributed by atoms with van der Waals surface area (Å²) in [5, 5.41) is 0.819. The Morgan fingerprint density at radius 1 is 1.15 bits per heavy atom. The van der Waals surface area contributed by atoms with Crippen molar-refractivity contribution in [1.29, 1.82) is 0 Å². The number of morpholine rings is 1. The van der Waals surface area contributed by atoms with E-state index in [0.717, 1.165) is 10.9 Å². The molecule has 2 aromatic rings. The molecule has 1 aromatic carbocycles. The highest BCUT2D eigenvalue weighted by atomic mass is 16.5. The molecular weight excluding hydrogens is 256 g/mol. The standard InChI is InChI=1S/C15H16N2O3/c1-11(18)17-10-13(12-4-2-3-5-14(12)17)15(19)16-6-8-20-9-7-16/h2-5,10H,6-9H2,1H3. The number of ether oxygens (including phenoxy) is 1. The molecule has 1 fully saturated rings. The van der Waals surface area contributed by atoms with Crippen LogP contribution >= 0.6 is 0 Å². The fourth-order valence-electron chi connectivity index (χ4n) is 2.55. The Kier molecular flexibility index (Phi) is 3.28. The molecule has 0 bridgehead atoms. The number of carbonyl (C=O) groups excluding carboxylic acids is 2. The predicted octanol–water partition coefficient (Wildman–Crippen LogP) is 1.77. The van der Waals surface area contributed by atoms with Gasteiger partial charge >= 0.3 is 0 Å². The number of carbonyl (C=O) groups is 2. The van der Waals surface area contributed by atoms with Gasteiger partial charge in [-0.25, -0.2) is 0 Å². The van der Waals surface area contributed by atoms with Crippen molar-refractivity contribution in [2.75, 3.05) is 26.3 Å². The van der Waals surface area contributed by atoms with Gasteiger partial charge in [-0.1, -0.05) is 18.2 Å². The highest BCUT2D eigenvalue weighted by Crippen LogP contribution is 2.23. The minimum absolute atomic E-state index is 0.0375. The maximum absolute atomic E-state index is 12.6. The molecule has 0 aliphatic carbocycles. The lowest BCUT2D eigenvalue weighted by molar-refractivity contribution is 0.0304. The molecule has 3 rings (SSSR count). The molecule has 1 amide bonds. The van der Waals surface area contributed by atoms with Crippen molar-refractivity contribution in [3.05, 3.63) is 36.0 Å². The van der Waals surface area contributed by atoms with Gasteiger partial charge in [0.1, 0.15) is 0 Å². The number of hydrogen-bond donors (Lipinski definition) is 0. The molecule has 0 radical (unpaired) electrons. The molecule has 0 saturated carbocycles. The molecule has 1 aromatic heterocycles. The summed E-state index contributed by atoms with van der Waals surface area (Å²) in [6.07, 6.45) is 1.64. The van der Waals surface area contributed by atoms with E-state index in [-0.39, 0.29) is 11.8 Å². The van der Waals surface area contributed by atoms with E-state index in [1.807, 2.05) is 24.3 Å². The fraction of sp³-hybridized carbons (Fsp3) is 0.333. The molecule has 2 heterocycles. The van der Waals surface area contributed by atoms with E-state index in [4.69, 9.17) is 4.74 Å². The van der Waals surface area contributed by atoms with Crippen molar-refractivity contribution >= 4 is 22.7 Å². The van der Waals surface area contributed by atoms with E-state index >= 15 is 0 Å². The number of nitrogens with zero attached hydrogens (tertiary/aromatic N) is 2. The number of benzene rings is 1. The van der Waals surface area contributed by atoms with Crippen molar-refractivity contribution < 1.29 is 14.3 Å². The summed E-state index contributed by atoms with van der Waals surface area (Å²) >= 11 is 0. The van der Waals surface area contributed by atoms with Crippen LogP contribution in [0.1, 0.15) is 22.1 Å². The fourth-order valence-corrected chi connectivity index (χ4v) is 2.55. The van der Waals surface area contributed by atoms with E-state index in [1.165, 1.54) is 11.5 Å². The molecule has 20 heavy (non-hydrogen) atoms. The van der Waals surface area contributed by atoms with Crippen molar-refractivity contribution in [2.45, 2.75) is 6.92 Å². The van der Waals surface area contributed by atoms with Crippen LogP contribution < -0.4 is 0 Å². The first kappa shape index (κ1) is 12.9. The maximum Gasteiger partial charge on any atom is 0.256 e. The minimum atomic E-state index is -0.0952. The first-order chi connectivity index (χ1) is 9.68. The molecule has 1 saturated heterocycles. The van der Waals surface area contributed by atoms with Crippen molar-refractivity contribution in [2.24, 2.45) is 0 Å². The van der Waals surface area contributed by atoms with Gasteiger partial charge in [0, 0.05) is 31.6 Å². The van der Waals surface area contributed by atoms with Gasteiger partial charge in [0.15, 0.2) is 0 Å². The summed E-state index contributed by atoms with van der Waals surface area (Å²) in [7, 11) is 0. The van der Waals surface area contributed by atoms with Crippen LogP contribution in [0.2, 0.25) is 0 Å². The molecule has 0 atom stereocenters. The van der Waals surface area contributed by atoms with Crippen LogP contribution in [0.3, 0.4) is 0 Å². The average molecular weight is 272 g/mol. The van der Waals surface area contributed by atoms with Gasteiger partial charge in [-0.15, -0.1) is 0 Å². The third kappa shape index (κ3) is 2.10. The second kappa shape index (κ2) is 5.09. The van der Waals surface area contributed by atoms with Crippen LogP contribution in [0.15, 0.2) is 30.5 Å². The summed E-state index contributed by atoms with van der Waals surface area (Å²) in [6.45, 7) is 3.82. The molecule has 0 spiro atoms. The van der Waals surface area contributed by atoms with Gasteiger partial charge in [-0.3, -0.25) is 14.2 Å². The summed E-state index contributed by atoms with van der Waals surface area (Å²) in [4.78, 5) is 26.1. The average Bonchev–Trinajstić information content (AvgIpc) is 2.87. The Morgan fingerprint density at radius 3 is 2.55 bits per heavy atom. The lowest BCUT2D eigenvalue weighted by Gasteiger charge is -2.26. The van der Waals surface area contributed by atoms with Gasteiger partial charge < -0.3 is 9.64 Å². The number of hydrogen-bond acceptors (Lipinski definition) is 3. The van der Waals surface area contributed by atoms with Gasteiger partial charge in [0.05, 0.1) is 24.3 Å². The van der Waals surface area contributed by atoms with E-state index in [0.29, 0.717) is 31.9 Å². The van der Waals surface area contributed by atoms with Crippen LogP contribution in [0.5, 0.6) is 0 Å². The van der Waals surface area contributed by atoms with E-state index in [1.54, 1.807) is 11.1 Å². The second-order valence-corrected chi connectivity index (χ2v) is 4.85. The second-order valence-electron chi connectivity index (χ2n) is 4.85. The Balaban J connectivity index is 2.06. The highest BCUT2D eigenvalue weighted by molar-refractivity contribution is 6.09. The molecule has 104 valence electrons. The zero-order valence-corrected chi connectivity index (χ0v) is 11.3. The van der Waals surface area contributed by atoms with Crippen molar-refractivity contribution in [3.63, 3.8) is 0 Å². The number of fused-ring (bicyclic) bond motifs is 1. The first-order valence-electron chi connectivity index (χ1n) is 6.66. The molecule has 5 nitrogen and oxygen atoms in total. The third-order valence-electron chi connectivity index (χ3n) is 3.58. The lowest BCUT2D eigenvalue weighted by atomic mass is 10.1. The van der Waals surface area contributed by atoms with Crippen molar-refractivity contribution in [3.8, 4) is 0 Å². The maximum atomic E-state index is 12.6. The minimum Gasteiger partial charge on any atom is -0.378 e. The van der Waals surface area contributed by atoms with Crippen LogP contribution in [0, 0.1) is 0 Å². The van der Waals surface area contributed by atoms with E-state index < -0.39 is 0 Å². The predicted molar refractivity (Wildman–Crippen MR) is 75.0 cm³/mol. The normalized spacial score (nSPS) is 15.6. The quantitative estimate of drug-likeness (QED) is 0.795. The Bertz CT molecular complexity index is 669. The Hall–Kier alpha value is -2.14. The summed E-state index contributed by atoms with van der Waals surface area (Å²) in [6, 6.07) is 7.48. The summed E-state index contributed by atoms with van der Waals surface area (Å²) in [5.74, 6) is -0.133. The number of aromatic nitrogens is 1. The third-order valence-corrected chi connectivity index (χ3v) is 3.58. The highest BCUT2D eigenvalue weighted by Gasteiger charge is 2.23. The topological polar surface area (TPSA) is 51.5 Å². The largest absolute Gasteiger partial charge is 0.378 e. The molecular formula is C15H16N2O3. The van der Waals surface area contributed by atoms with Gasteiger partial charge in [-0.2, -0.15) is 0 Å². The van der Waals surface area contributed by atoms with Gasteiger partial charge in [-0.05, 0) is 6.07 Å². The Labute approximate surface area is 116 Å². The SMILES string of the molecule is CC(=O)n1cc(C(=O)N2CCOCC2)c2ccccc21. The van der Waals surface area contributed by atoms with Crippen LogP contribution in [-0.2, 0) is 4.74 Å². The molecule has 1 aliphatic rings. The molecule has 1 aliphatic heterocycles. The van der Waals surface area contributed by atoms with Crippen LogP contribution in [-0.4, -0.2) is 47.6 Å². The zero-order chi connectivity index (χ0) is 14.1. The van der Waals surface area contributed by atoms with Crippen LogP contribution in [0.25, 0.3) is 10.9 Å². The van der Waals surface area contributed by atoms with Gasteiger partial charge in [0.25, 0.3) is 5.91 Å². The zero-order valence-electron chi connectivity index (χ0n) is 11.3. The van der Waals surface area contributed by atoms with E-state index in [2.05, 4.69) is 0 Å². The number of amides is 1. The van der Waals surface area contributed by atoms with E-state index in [9.17, 15) is 9.59 Å². The summed E-state index contributed by atoms with van der Waals surface area (Å²) in [5.41, 5.74) is 1.36. The molecule has 5 heteroatoms. The van der Waals surface area contributed by atoms with Crippen LogP contribution in [0.4, 0.5) is 0 Å².